The van der Waals surface area contributed by atoms with Crippen molar-refractivity contribution in [2.75, 3.05) is 4.90 Å². The third-order valence-corrected chi connectivity index (χ3v) is 5.66. The summed E-state index contributed by atoms with van der Waals surface area (Å²) in [7, 11) is 0. The zero-order valence-corrected chi connectivity index (χ0v) is 13.8. The lowest BCUT2D eigenvalue weighted by atomic mass is 9.84. The molecule has 1 amide bonds. The predicted octanol–water partition coefficient (Wildman–Crippen LogP) is 2.77. The molecule has 1 aliphatic heterocycles. The van der Waals surface area contributed by atoms with Gasteiger partial charge in [0.05, 0.1) is 10.3 Å². The van der Waals surface area contributed by atoms with Gasteiger partial charge >= 0.3 is 0 Å². The smallest absolute Gasteiger partial charge is 0.278 e. The van der Waals surface area contributed by atoms with Crippen molar-refractivity contribution in [3.63, 3.8) is 0 Å². The topological polar surface area (TPSA) is 102 Å². The summed E-state index contributed by atoms with van der Waals surface area (Å²) in [6, 6.07) is 4.96. The van der Waals surface area contributed by atoms with Crippen LogP contribution in [0.2, 0.25) is 0 Å². The van der Waals surface area contributed by atoms with E-state index in [4.69, 9.17) is 5.73 Å². The number of hydrogen-bond acceptors (Lipinski definition) is 5. The lowest BCUT2D eigenvalue weighted by Crippen LogP contribution is -2.45. The summed E-state index contributed by atoms with van der Waals surface area (Å²) >= 11 is 0. The minimum atomic E-state index is -0.396. The van der Waals surface area contributed by atoms with Crippen molar-refractivity contribution in [3.8, 4) is 0 Å². The molecule has 0 bridgehead atoms. The number of nitro benzene ring substituents is 1. The molecule has 2 heterocycles. The Morgan fingerprint density at radius 2 is 2.04 bits per heavy atom. The molecule has 1 aliphatic carbocycles. The Bertz CT molecular complexity index is 853. The van der Waals surface area contributed by atoms with Gasteiger partial charge in [-0.1, -0.05) is 12.8 Å². The molecule has 130 valence electrons. The standard InChI is InChI=1S/C18H20N4O3/c19-18(23)17-9-11-3-1-2-4-14(11)21(17)15-5-6-16(22(24)25)13-10-20-8-7-12(13)15/h5-8,10-11,14,17H,1-4,9H2,(H2,19,23)/t11-,14+,17-/m0/s1. The fourth-order valence-electron chi connectivity index (χ4n) is 4.60. The second-order valence-corrected chi connectivity index (χ2v) is 6.96. The van der Waals surface area contributed by atoms with Gasteiger partial charge in [-0.05, 0) is 37.3 Å². The number of aromatic nitrogens is 1. The molecule has 0 spiro atoms. The lowest BCUT2D eigenvalue weighted by molar-refractivity contribution is -0.383. The van der Waals surface area contributed by atoms with Crippen molar-refractivity contribution in [1.82, 2.24) is 4.98 Å². The van der Waals surface area contributed by atoms with Crippen molar-refractivity contribution in [2.45, 2.75) is 44.2 Å². The van der Waals surface area contributed by atoms with Crippen LogP contribution < -0.4 is 10.6 Å². The van der Waals surface area contributed by atoms with Crippen LogP contribution in [-0.4, -0.2) is 27.9 Å². The molecule has 1 saturated carbocycles. The maximum Gasteiger partial charge on any atom is 0.278 e. The van der Waals surface area contributed by atoms with E-state index in [1.54, 1.807) is 18.3 Å². The number of nitrogens with zero attached hydrogens (tertiary/aromatic N) is 3. The van der Waals surface area contributed by atoms with Gasteiger partial charge in [-0.2, -0.15) is 0 Å². The van der Waals surface area contributed by atoms with Gasteiger partial charge in [-0.25, -0.2) is 0 Å². The molecule has 2 N–H and O–H groups in total. The van der Waals surface area contributed by atoms with E-state index in [1.165, 1.54) is 18.7 Å². The van der Waals surface area contributed by atoms with Gasteiger partial charge in [0.15, 0.2) is 0 Å². The predicted molar refractivity (Wildman–Crippen MR) is 94.2 cm³/mol. The Morgan fingerprint density at radius 3 is 2.80 bits per heavy atom. The van der Waals surface area contributed by atoms with Crippen molar-refractivity contribution in [1.29, 1.82) is 0 Å². The molecule has 2 fully saturated rings. The summed E-state index contributed by atoms with van der Waals surface area (Å²) in [5.41, 5.74) is 6.58. The van der Waals surface area contributed by atoms with Gasteiger partial charge < -0.3 is 10.6 Å². The maximum absolute atomic E-state index is 12.1. The first-order chi connectivity index (χ1) is 12.1. The summed E-state index contributed by atoms with van der Waals surface area (Å²) in [6.45, 7) is 0. The number of fused-ring (bicyclic) bond motifs is 2. The number of non-ortho nitro benzene ring substituents is 1. The summed E-state index contributed by atoms with van der Waals surface area (Å²) in [4.78, 5) is 29.2. The average Bonchev–Trinajstić information content (AvgIpc) is 3.00. The number of primary amides is 1. The van der Waals surface area contributed by atoms with E-state index < -0.39 is 4.92 Å². The Balaban J connectivity index is 1.89. The second-order valence-electron chi connectivity index (χ2n) is 6.96. The summed E-state index contributed by atoms with van der Waals surface area (Å²) in [6.07, 6.45) is 8.37. The average molecular weight is 340 g/mol. The Kier molecular flexibility index (Phi) is 3.78. The molecule has 7 heteroatoms. The van der Waals surface area contributed by atoms with Crippen molar-refractivity contribution >= 4 is 28.1 Å². The van der Waals surface area contributed by atoms with Crippen LogP contribution in [-0.2, 0) is 4.79 Å². The van der Waals surface area contributed by atoms with Crippen molar-refractivity contribution < 1.29 is 9.72 Å². The summed E-state index contributed by atoms with van der Waals surface area (Å²) in [5.74, 6) is 0.133. The minimum Gasteiger partial charge on any atom is -0.368 e. The molecule has 25 heavy (non-hydrogen) atoms. The van der Waals surface area contributed by atoms with Crippen LogP contribution in [0.4, 0.5) is 11.4 Å². The van der Waals surface area contributed by atoms with E-state index in [0.29, 0.717) is 11.3 Å². The molecule has 0 radical (unpaired) electrons. The lowest BCUT2D eigenvalue weighted by Gasteiger charge is -2.35. The van der Waals surface area contributed by atoms with E-state index in [0.717, 1.165) is 36.8 Å². The minimum absolute atomic E-state index is 0.0295. The fraction of sp³-hybridized carbons (Fsp3) is 0.444. The molecular formula is C18H20N4O3. The summed E-state index contributed by atoms with van der Waals surface area (Å²) in [5, 5.41) is 12.6. The molecule has 0 unspecified atom stereocenters. The first-order valence-electron chi connectivity index (χ1n) is 8.66. The highest BCUT2D eigenvalue weighted by molar-refractivity contribution is 6.01. The number of nitrogens with two attached hydrogens (primary N) is 1. The van der Waals surface area contributed by atoms with E-state index in [2.05, 4.69) is 9.88 Å². The SMILES string of the molecule is NC(=O)[C@@H]1C[C@@H]2CCCC[C@H]2N1c1ccc([N+](=O)[O-])c2cnccc12. The Morgan fingerprint density at radius 1 is 1.24 bits per heavy atom. The van der Waals surface area contributed by atoms with Crippen LogP contribution in [0.5, 0.6) is 0 Å². The largest absolute Gasteiger partial charge is 0.368 e. The number of pyridine rings is 1. The van der Waals surface area contributed by atoms with Crippen LogP contribution >= 0.6 is 0 Å². The molecule has 1 aromatic heterocycles. The van der Waals surface area contributed by atoms with Gasteiger partial charge in [0.25, 0.3) is 5.69 Å². The van der Waals surface area contributed by atoms with Crippen LogP contribution in [0.15, 0.2) is 30.6 Å². The molecule has 2 aliphatic rings. The number of hydrogen-bond donors (Lipinski definition) is 1. The summed E-state index contributed by atoms with van der Waals surface area (Å²) < 4.78 is 0. The van der Waals surface area contributed by atoms with Gasteiger partial charge in [0.1, 0.15) is 6.04 Å². The molecule has 1 saturated heterocycles. The van der Waals surface area contributed by atoms with Crippen LogP contribution in [0.25, 0.3) is 10.8 Å². The third-order valence-electron chi connectivity index (χ3n) is 5.66. The Hall–Kier alpha value is -2.70. The van der Waals surface area contributed by atoms with Gasteiger partial charge in [-0.3, -0.25) is 19.9 Å². The highest BCUT2D eigenvalue weighted by Gasteiger charge is 2.45. The molecule has 1 aromatic carbocycles. The number of rotatable bonds is 3. The highest BCUT2D eigenvalue weighted by Crippen LogP contribution is 2.45. The van der Waals surface area contributed by atoms with Gasteiger partial charge in [0, 0.05) is 35.6 Å². The van der Waals surface area contributed by atoms with E-state index in [9.17, 15) is 14.9 Å². The van der Waals surface area contributed by atoms with Crippen molar-refractivity contribution in [2.24, 2.45) is 11.7 Å². The van der Waals surface area contributed by atoms with Gasteiger partial charge in [0.2, 0.25) is 5.91 Å². The quantitative estimate of drug-likeness (QED) is 0.683. The zero-order chi connectivity index (χ0) is 17.6. The normalized spacial score (nSPS) is 25.8. The Labute approximate surface area is 145 Å². The number of nitro groups is 1. The first-order valence-corrected chi connectivity index (χ1v) is 8.66. The van der Waals surface area contributed by atoms with Crippen LogP contribution in [0.3, 0.4) is 0 Å². The van der Waals surface area contributed by atoms with E-state index in [-0.39, 0.29) is 23.7 Å². The fourth-order valence-corrected chi connectivity index (χ4v) is 4.60. The molecule has 3 atom stereocenters. The molecular weight excluding hydrogens is 320 g/mol. The number of anilines is 1. The van der Waals surface area contributed by atoms with Crippen molar-refractivity contribution in [3.05, 3.63) is 40.7 Å². The van der Waals surface area contributed by atoms with E-state index in [1.807, 2.05) is 0 Å². The van der Waals surface area contributed by atoms with E-state index >= 15 is 0 Å². The maximum atomic E-state index is 12.1. The monoisotopic (exact) mass is 340 g/mol. The third kappa shape index (κ3) is 2.50. The molecule has 2 aromatic rings. The first kappa shape index (κ1) is 15.8. The number of amides is 1. The van der Waals surface area contributed by atoms with Crippen LogP contribution in [0.1, 0.15) is 32.1 Å². The van der Waals surface area contributed by atoms with Crippen LogP contribution in [0, 0.1) is 16.0 Å². The second kappa shape index (κ2) is 5.98. The highest BCUT2D eigenvalue weighted by atomic mass is 16.6. The number of carbonyl (C=O) groups is 1. The zero-order valence-electron chi connectivity index (χ0n) is 13.8. The molecule has 7 nitrogen and oxygen atoms in total. The molecule has 4 rings (SSSR count). The number of benzene rings is 1. The number of carbonyl (C=O) groups excluding carboxylic acids is 1. The van der Waals surface area contributed by atoms with Gasteiger partial charge in [-0.15, -0.1) is 0 Å².